The highest BCUT2D eigenvalue weighted by Crippen LogP contribution is 2.55. The van der Waals surface area contributed by atoms with Crippen molar-refractivity contribution < 1.29 is 69.9 Å². The number of carboxylic acids is 4. The molecule has 0 aliphatic heterocycles. The zero-order chi connectivity index (χ0) is 46.3. The van der Waals surface area contributed by atoms with Crippen LogP contribution in [0.5, 0.6) is 34.5 Å². The van der Waals surface area contributed by atoms with E-state index in [0.717, 1.165) is 76.7 Å². The molecule has 0 aromatic heterocycles. The highest BCUT2D eigenvalue weighted by atomic mass is 16.5. The lowest BCUT2D eigenvalue weighted by molar-refractivity contribution is -0.145. The van der Waals surface area contributed by atoms with Crippen LogP contribution in [-0.2, 0) is 44.9 Å². The standard InChI is InChI=1S/C50H70O14/c51-36-29-37(52)41(54)34(17-8-2-4-12-20-48(25-26-48)44(58)59)32(36)15-9-6-14-22-50(46(62)63)31-40(50)64-39-30-38(53)42(55)35(18-10-5-13-21-49(27-28-49)45(60)61)33(39)16-7-1-3-11-19-47(23-24-47)43(56)57/h29-30,40,51-55H,1-28,31H2,(H,56,57)(H,58,59)(H,60,61)(H,62,63). The molecule has 0 radical (unpaired) electrons. The van der Waals surface area contributed by atoms with Gasteiger partial charge in [-0.3, -0.25) is 19.2 Å². The van der Waals surface area contributed by atoms with Crippen LogP contribution >= 0.6 is 0 Å². The quantitative estimate of drug-likeness (QED) is 0.0188. The van der Waals surface area contributed by atoms with Gasteiger partial charge in [0.1, 0.15) is 23.0 Å². The highest BCUT2D eigenvalue weighted by Gasteiger charge is 2.62. The maximum atomic E-state index is 12.8. The summed E-state index contributed by atoms with van der Waals surface area (Å²) in [4.78, 5) is 47.6. The molecule has 6 rings (SSSR count). The molecule has 2 atom stereocenters. The first-order valence-corrected chi connectivity index (χ1v) is 23.9. The van der Waals surface area contributed by atoms with E-state index in [0.29, 0.717) is 137 Å². The number of unbranched alkanes of at least 4 members (excludes halogenated alkanes) is 10. The van der Waals surface area contributed by atoms with Crippen LogP contribution in [0.1, 0.15) is 183 Å². The van der Waals surface area contributed by atoms with Gasteiger partial charge in [-0.25, -0.2) is 0 Å². The van der Waals surface area contributed by atoms with E-state index in [9.17, 15) is 65.1 Å². The highest BCUT2D eigenvalue weighted by molar-refractivity contribution is 5.80. The average Bonchev–Trinajstić information content (AvgIpc) is 4.05. The lowest BCUT2D eigenvalue weighted by Gasteiger charge is -2.20. The Hall–Kier alpha value is -4.88. The molecule has 2 unspecified atom stereocenters. The SMILES string of the molecule is O=C(O)C1(CCCCCCc2c(OC3CC3(CCCCCc3c(O)cc(O)c(O)c3CCCCCCC3(C(=O)O)CC3)C(=O)O)cc(O)c(O)c2CCCCCC2(C(=O)O)CC2)CC1. The number of carbonyl (C=O) groups is 4. The molecule has 2 aromatic rings. The fourth-order valence-corrected chi connectivity index (χ4v) is 10.1. The number of aliphatic carboxylic acids is 4. The number of carboxylic acid groups (broad SMARTS) is 4. The number of benzene rings is 2. The lowest BCUT2D eigenvalue weighted by atomic mass is 9.92. The van der Waals surface area contributed by atoms with E-state index in [1.807, 2.05) is 0 Å². The summed E-state index contributed by atoms with van der Waals surface area (Å²) in [5, 5.41) is 92.8. The molecule has 0 saturated heterocycles. The van der Waals surface area contributed by atoms with E-state index in [2.05, 4.69) is 0 Å². The number of rotatable bonds is 32. The van der Waals surface area contributed by atoms with E-state index in [1.165, 1.54) is 6.07 Å². The van der Waals surface area contributed by atoms with Crippen LogP contribution < -0.4 is 4.74 Å². The van der Waals surface area contributed by atoms with E-state index in [-0.39, 0.29) is 29.4 Å². The second-order valence-corrected chi connectivity index (χ2v) is 19.9. The normalized spacial score (nSPS) is 20.7. The van der Waals surface area contributed by atoms with Gasteiger partial charge < -0.3 is 50.7 Å². The third-order valence-electron chi connectivity index (χ3n) is 15.4. The molecule has 354 valence electrons. The summed E-state index contributed by atoms with van der Waals surface area (Å²) >= 11 is 0. The number of hydrogen-bond acceptors (Lipinski definition) is 10. The molecule has 14 heteroatoms. The second-order valence-electron chi connectivity index (χ2n) is 19.9. The van der Waals surface area contributed by atoms with Gasteiger partial charge in [0.25, 0.3) is 0 Å². The number of phenolic OH excluding ortho intramolecular Hbond substituents is 5. The van der Waals surface area contributed by atoms with Crippen molar-refractivity contribution in [2.45, 2.75) is 192 Å². The van der Waals surface area contributed by atoms with Crippen molar-refractivity contribution in [3.05, 3.63) is 34.4 Å². The molecule has 9 N–H and O–H groups in total. The van der Waals surface area contributed by atoms with Crippen LogP contribution in [0.25, 0.3) is 0 Å². The minimum absolute atomic E-state index is 0.109. The van der Waals surface area contributed by atoms with Gasteiger partial charge in [0.2, 0.25) is 0 Å². The Morgan fingerprint density at radius 3 is 1.22 bits per heavy atom. The minimum Gasteiger partial charge on any atom is -0.508 e. The van der Waals surface area contributed by atoms with Gasteiger partial charge in [-0.1, -0.05) is 64.2 Å². The van der Waals surface area contributed by atoms with Crippen molar-refractivity contribution in [1.29, 1.82) is 0 Å². The topological polar surface area (TPSA) is 260 Å². The fourth-order valence-electron chi connectivity index (χ4n) is 10.1. The van der Waals surface area contributed by atoms with Crippen molar-refractivity contribution in [1.82, 2.24) is 0 Å². The van der Waals surface area contributed by atoms with Gasteiger partial charge in [-0.2, -0.15) is 0 Å². The summed E-state index contributed by atoms with van der Waals surface area (Å²) in [6.45, 7) is 0. The first kappa shape index (κ1) is 48.6. The summed E-state index contributed by atoms with van der Waals surface area (Å²) in [6, 6.07) is 2.50. The maximum Gasteiger partial charge on any atom is 0.313 e. The third-order valence-corrected chi connectivity index (χ3v) is 15.4. The number of aromatic hydroxyl groups is 5. The zero-order valence-electron chi connectivity index (χ0n) is 37.3. The lowest BCUT2D eigenvalue weighted by Crippen LogP contribution is -2.22. The predicted octanol–water partition coefficient (Wildman–Crippen LogP) is 9.92. The Balaban J connectivity index is 1.03. The van der Waals surface area contributed by atoms with Gasteiger partial charge in [-0.05, 0) is 116 Å². The van der Waals surface area contributed by atoms with Crippen LogP contribution in [-0.4, -0.2) is 75.9 Å². The number of hydrogen-bond donors (Lipinski definition) is 9. The first-order chi connectivity index (χ1) is 30.5. The molecular weight excluding hydrogens is 825 g/mol. The molecule has 4 aliphatic carbocycles. The van der Waals surface area contributed by atoms with Crippen LogP contribution in [0.15, 0.2) is 12.1 Å². The third kappa shape index (κ3) is 11.5. The molecule has 0 amide bonds. The van der Waals surface area contributed by atoms with Crippen LogP contribution in [0, 0.1) is 21.7 Å². The van der Waals surface area contributed by atoms with Crippen molar-refractivity contribution in [2.75, 3.05) is 0 Å². The first-order valence-electron chi connectivity index (χ1n) is 23.9. The summed E-state index contributed by atoms with van der Waals surface area (Å²) < 4.78 is 6.46. The van der Waals surface area contributed by atoms with Gasteiger partial charge in [0.15, 0.2) is 23.0 Å². The molecule has 64 heavy (non-hydrogen) atoms. The van der Waals surface area contributed by atoms with Crippen molar-refractivity contribution in [3.8, 4) is 34.5 Å². The van der Waals surface area contributed by atoms with E-state index in [1.54, 1.807) is 0 Å². The summed E-state index contributed by atoms with van der Waals surface area (Å²) in [6.07, 6.45) is 18.1. The Morgan fingerprint density at radius 1 is 0.438 bits per heavy atom. The zero-order valence-corrected chi connectivity index (χ0v) is 37.3. The van der Waals surface area contributed by atoms with Crippen LogP contribution in [0.2, 0.25) is 0 Å². The van der Waals surface area contributed by atoms with Gasteiger partial charge in [0.05, 0.1) is 16.2 Å². The van der Waals surface area contributed by atoms with Crippen molar-refractivity contribution in [2.24, 2.45) is 21.7 Å². The molecule has 0 heterocycles. The molecule has 14 nitrogen and oxygen atoms in total. The van der Waals surface area contributed by atoms with Gasteiger partial charge >= 0.3 is 23.9 Å². The number of ether oxygens (including phenoxy) is 1. The summed E-state index contributed by atoms with van der Waals surface area (Å²) in [5.74, 6) is -4.20. The largest absolute Gasteiger partial charge is 0.508 e. The van der Waals surface area contributed by atoms with E-state index < -0.39 is 57.4 Å². The monoisotopic (exact) mass is 894 g/mol. The van der Waals surface area contributed by atoms with Gasteiger partial charge in [0, 0.05) is 40.8 Å². The van der Waals surface area contributed by atoms with Crippen molar-refractivity contribution >= 4 is 23.9 Å². The fraction of sp³-hybridized carbons (Fsp3) is 0.680. The molecule has 4 fully saturated rings. The molecule has 0 spiro atoms. The molecule has 0 bridgehead atoms. The van der Waals surface area contributed by atoms with E-state index in [4.69, 9.17) is 4.74 Å². The van der Waals surface area contributed by atoms with Crippen LogP contribution in [0.3, 0.4) is 0 Å². The summed E-state index contributed by atoms with van der Waals surface area (Å²) in [5.41, 5.74) is -0.583. The Kier molecular flexibility index (Phi) is 15.6. The summed E-state index contributed by atoms with van der Waals surface area (Å²) in [7, 11) is 0. The number of phenols is 5. The molecule has 4 aliphatic rings. The van der Waals surface area contributed by atoms with Crippen LogP contribution in [0.4, 0.5) is 0 Å². The molecular formula is C50H70O14. The molecule has 2 aromatic carbocycles. The van der Waals surface area contributed by atoms with Crippen molar-refractivity contribution in [3.63, 3.8) is 0 Å². The average molecular weight is 895 g/mol. The maximum absolute atomic E-state index is 12.8. The van der Waals surface area contributed by atoms with Gasteiger partial charge in [-0.15, -0.1) is 0 Å². The second kappa shape index (κ2) is 20.5. The Labute approximate surface area is 375 Å². The minimum atomic E-state index is -1.15. The smallest absolute Gasteiger partial charge is 0.313 e. The Morgan fingerprint density at radius 2 is 0.797 bits per heavy atom. The Bertz CT molecular complexity index is 2010. The van der Waals surface area contributed by atoms with E-state index >= 15 is 0 Å². The predicted molar refractivity (Wildman–Crippen MR) is 236 cm³/mol. The molecule has 4 saturated carbocycles.